The molecule has 0 heterocycles. The molecule has 26 heavy (non-hydrogen) atoms. The maximum atomic E-state index is 12.5. The molecule has 1 amide bonds. The molecule has 2 N–H and O–H groups in total. The predicted octanol–water partition coefficient (Wildman–Crippen LogP) is 3.55. The number of halogens is 2. The van der Waals surface area contributed by atoms with Crippen LogP contribution in [0.4, 0.5) is 8.78 Å². The van der Waals surface area contributed by atoms with Crippen molar-refractivity contribution in [3.63, 3.8) is 0 Å². The number of carbonyl (C=O) groups is 2. The molecule has 1 unspecified atom stereocenters. The molecule has 0 aliphatic heterocycles. The van der Waals surface area contributed by atoms with Gasteiger partial charge in [-0.2, -0.15) is 8.78 Å². The van der Waals surface area contributed by atoms with Gasteiger partial charge in [-0.1, -0.05) is 48.5 Å². The Morgan fingerprint density at radius 2 is 1.69 bits per heavy atom. The molecule has 0 bridgehead atoms. The van der Waals surface area contributed by atoms with E-state index in [0.717, 1.165) is 5.56 Å². The summed E-state index contributed by atoms with van der Waals surface area (Å²) < 4.78 is 29.4. The Hall–Kier alpha value is -2.96. The topological polar surface area (TPSA) is 75.6 Å². The molecule has 0 radical (unpaired) electrons. The zero-order valence-corrected chi connectivity index (χ0v) is 13.9. The van der Waals surface area contributed by atoms with E-state index in [2.05, 4.69) is 10.1 Å². The van der Waals surface area contributed by atoms with Gasteiger partial charge >= 0.3 is 12.6 Å². The monoisotopic (exact) mass is 363 g/mol. The van der Waals surface area contributed by atoms with Crippen molar-refractivity contribution in [2.24, 2.45) is 0 Å². The Kier molecular flexibility index (Phi) is 7.08. The van der Waals surface area contributed by atoms with Crippen LogP contribution in [0.2, 0.25) is 0 Å². The van der Waals surface area contributed by atoms with Crippen LogP contribution in [0.5, 0.6) is 5.75 Å². The SMILES string of the molecule is O=C(O)CCC(NC(=O)Cc1ccccc1OC(F)F)c1ccccc1. The molecule has 0 saturated carbocycles. The second-order valence-electron chi connectivity index (χ2n) is 5.63. The Morgan fingerprint density at radius 1 is 1.04 bits per heavy atom. The molecule has 0 aliphatic rings. The highest BCUT2D eigenvalue weighted by Crippen LogP contribution is 2.22. The fourth-order valence-electron chi connectivity index (χ4n) is 2.55. The molecule has 0 fully saturated rings. The van der Waals surface area contributed by atoms with Crippen LogP contribution in [0.15, 0.2) is 54.6 Å². The second-order valence-corrected chi connectivity index (χ2v) is 5.63. The quantitative estimate of drug-likeness (QED) is 0.714. The number of hydrogen-bond acceptors (Lipinski definition) is 3. The van der Waals surface area contributed by atoms with Crippen LogP contribution in [0.25, 0.3) is 0 Å². The molecule has 0 aliphatic carbocycles. The van der Waals surface area contributed by atoms with Gasteiger partial charge in [0.15, 0.2) is 0 Å². The summed E-state index contributed by atoms with van der Waals surface area (Å²) in [5, 5.41) is 11.7. The maximum Gasteiger partial charge on any atom is 0.387 e. The summed E-state index contributed by atoms with van der Waals surface area (Å²) in [5.74, 6) is -1.43. The number of aliphatic carboxylic acids is 1. The summed E-state index contributed by atoms with van der Waals surface area (Å²) in [4.78, 5) is 23.2. The van der Waals surface area contributed by atoms with Gasteiger partial charge in [0.1, 0.15) is 5.75 Å². The molecule has 0 spiro atoms. The Morgan fingerprint density at radius 3 is 2.35 bits per heavy atom. The van der Waals surface area contributed by atoms with Crippen LogP contribution >= 0.6 is 0 Å². The minimum atomic E-state index is -2.98. The number of nitrogens with one attached hydrogen (secondary N) is 1. The van der Waals surface area contributed by atoms with Crippen molar-refractivity contribution in [2.75, 3.05) is 0 Å². The lowest BCUT2D eigenvalue weighted by molar-refractivity contribution is -0.137. The fourth-order valence-corrected chi connectivity index (χ4v) is 2.55. The molecular weight excluding hydrogens is 344 g/mol. The van der Waals surface area contributed by atoms with E-state index in [0.29, 0.717) is 5.56 Å². The first-order valence-corrected chi connectivity index (χ1v) is 8.04. The molecule has 1 atom stereocenters. The largest absolute Gasteiger partial charge is 0.481 e. The third kappa shape index (κ3) is 6.16. The van der Waals surface area contributed by atoms with Gasteiger partial charge in [-0.25, -0.2) is 0 Å². The van der Waals surface area contributed by atoms with E-state index in [4.69, 9.17) is 5.11 Å². The van der Waals surface area contributed by atoms with E-state index in [-0.39, 0.29) is 25.0 Å². The molecular formula is C19H19F2NO4. The molecule has 5 nitrogen and oxygen atoms in total. The number of carboxylic acid groups (broad SMARTS) is 1. The van der Waals surface area contributed by atoms with Gasteiger partial charge in [0.2, 0.25) is 5.91 Å². The first kappa shape index (κ1) is 19.4. The minimum Gasteiger partial charge on any atom is -0.481 e. The summed E-state index contributed by atoms with van der Waals surface area (Å²) in [6.45, 7) is -2.98. The van der Waals surface area contributed by atoms with Crippen molar-refractivity contribution >= 4 is 11.9 Å². The maximum absolute atomic E-state index is 12.5. The lowest BCUT2D eigenvalue weighted by atomic mass is 10.0. The summed E-state index contributed by atoms with van der Waals surface area (Å²) >= 11 is 0. The molecule has 0 aromatic heterocycles. The molecule has 2 aromatic carbocycles. The summed E-state index contributed by atoms with van der Waals surface area (Å²) in [6.07, 6.45) is -0.0372. The average Bonchev–Trinajstić information content (AvgIpc) is 2.60. The molecule has 0 saturated heterocycles. The normalized spacial score (nSPS) is 11.8. The summed E-state index contributed by atoms with van der Waals surface area (Å²) in [5.41, 5.74) is 1.11. The van der Waals surface area contributed by atoms with E-state index >= 15 is 0 Å². The number of amides is 1. The second kappa shape index (κ2) is 9.50. The number of para-hydroxylation sites is 1. The van der Waals surface area contributed by atoms with Gasteiger partial charge in [0.05, 0.1) is 12.5 Å². The fraction of sp³-hybridized carbons (Fsp3) is 0.263. The van der Waals surface area contributed by atoms with Crippen LogP contribution < -0.4 is 10.1 Å². The van der Waals surface area contributed by atoms with Crippen molar-refractivity contribution in [1.82, 2.24) is 5.32 Å². The van der Waals surface area contributed by atoms with Crippen LogP contribution in [-0.2, 0) is 16.0 Å². The summed E-state index contributed by atoms with van der Waals surface area (Å²) in [6, 6.07) is 14.6. The van der Waals surface area contributed by atoms with Crippen LogP contribution in [0.1, 0.15) is 30.0 Å². The van der Waals surface area contributed by atoms with Crippen LogP contribution in [-0.4, -0.2) is 23.6 Å². The highest BCUT2D eigenvalue weighted by molar-refractivity contribution is 5.80. The zero-order chi connectivity index (χ0) is 18.9. The van der Waals surface area contributed by atoms with Gasteiger partial charge in [-0.05, 0) is 18.1 Å². The van der Waals surface area contributed by atoms with Crippen molar-refractivity contribution in [2.45, 2.75) is 31.9 Å². The Bertz CT molecular complexity index is 737. The van der Waals surface area contributed by atoms with Gasteiger partial charge in [0, 0.05) is 12.0 Å². The van der Waals surface area contributed by atoms with Crippen molar-refractivity contribution in [1.29, 1.82) is 0 Å². The number of rotatable bonds is 9. The number of alkyl halides is 2. The number of benzene rings is 2. The van der Waals surface area contributed by atoms with Gasteiger partial charge in [-0.3, -0.25) is 9.59 Å². The van der Waals surface area contributed by atoms with E-state index in [1.807, 2.05) is 6.07 Å². The number of carboxylic acids is 1. The van der Waals surface area contributed by atoms with E-state index < -0.39 is 24.5 Å². The van der Waals surface area contributed by atoms with Crippen LogP contribution in [0, 0.1) is 0 Å². The number of hydrogen-bond donors (Lipinski definition) is 2. The first-order chi connectivity index (χ1) is 12.5. The molecule has 138 valence electrons. The predicted molar refractivity (Wildman–Crippen MR) is 91.0 cm³/mol. The van der Waals surface area contributed by atoms with E-state index in [1.54, 1.807) is 36.4 Å². The van der Waals surface area contributed by atoms with Gasteiger partial charge in [0.25, 0.3) is 0 Å². The Balaban J connectivity index is 2.09. The van der Waals surface area contributed by atoms with Gasteiger partial charge < -0.3 is 15.2 Å². The lowest BCUT2D eigenvalue weighted by Crippen LogP contribution is -2.30. The average molecular weight is 363 g/mol. The minimum absolute atomic E-state index is 0.0561. The van der Waals surface area contributed by atoms with Gasteiger partial charge in [-0.15, -0.1) is 0 Å². The molecule has 7 heteroatoms. The molecule has 2 rings (SSSR count). The third-order valence-corrected chi connectivity index (χ3v) is 3.72. The van der Waals surface area contributed by atoms with Crippen LogP contribution in [0.3, 0.4) is 0 Å². The lowest BCUT2D eigenvalue weighted by Gasteiger charge is -2.19. The van der Waals surface area contributed by atoms with Crippen molar-refractivity contribution in [3.8, 4) is 5.75 Å². The van der Waals surface area contributed by atoms with E-state index in [1.165, 1.54) is 12.1 Å². The van der Waals surface area contributed by atoms with E-state index in [9.17, 15) is 18.4 Å². The van der Waals surface area contributed by atoms with Crippen molar-refractivity contribution in [3.05, 3.63) is 65.7 Å². The Labute approximate surface area is 149 Å². The zero-order valence-electron chi connectivity index (χ0n) is 13.9. The highest BCUT2D eigenvalue weighted by atomic mass is 19.3. The first-order valence-electron chi connectivity index (χ1n) is 8.04. The number of ether oxygens (including phenoxy) is 1. The standard InChI is InChI=1S/C19H19F2NO4/c20-19(21)26-16-9-5-4-8-14(16)12-17(23)22-15(10-11-18(24)25)13-6-2-1-3-7-13/h1-9,15,19H,10-12H2,(H,22,23)(H,24,25). The smallest absolute Gasteiger partial charge is 0.387 e. The third-order valence-electron chi connectivity index (χ3n) is 3.72. The molecule has 2 aromatic rings. The number of carbonyl (C=O) groups excluding carboxylic acids is 1. The van der Waals surface area contributed by atoms with Crippen molar-refractivity contribution < 1.29 is 28.2 Å². The summed E-state index contributed by atoms with van der Waals surface area (Å²) in [7, 11) is 0. The highest BCUT2D eigenvalue weighted by Gasteiger charge is 2.18.